The molecule has 2 rings (SSSR count). The van der Waals surface area contributed by atoms with Crippen molar-refractivity contribution in [2.45, 2.75) is 25.8 Å². The van der Waals surface area contributed by atoms with E-state index in [2.05, 4.69) is 5.32 Å². The van der Waals surface area contributed by atoms with Crippen LogP contribution >= 0.6 is 11.6 Å². The third-order valence-corrected chi connectivity index (χ3v) is 3.71. The van der Waals surface area contributed by atoms with Crippen LogP contribution in [0.1, 0.15) is 31.4 Å². The lowest BCUT2D eigenvalue weighted by Gasteiger charge is -2.25. The summed E-state index contributed by atoms with van der Waals surface area (Å²) in [6.07, 6.45) is 1.86. The Kier molecular flexibility index (Phi) is 5.44. The SMILES string of the molecule is CCOC(=O)CNC(=O)N1CCCC1c1ccc(Cl)cc1. The summed E-state index contributed by atoms with van der Waals surface area (Å²) >= 11 is 5.89. The predicted molar refractivity (Wildman–Crippen MR) is 80.2 cm³/mol. The van der Waals surface area contributed by atoms with Crippen molar-refractivity contribution in [2.75, 3.05) is 19.7 Å². The summed E-state index contributed by atoms with van der Waals surface area (Å²) in [5.41, 5.74) is 1.06. The molecule has 1 unspecified atom stereocenters. The summed E-state index contributed by atoms with van der Waals surface area (Å²) in [6.45, 7) is 2.63. The maximum Gasteiger partial charge on any atom is 0.325 e. The van der Waals surface area contributed by atoms with Crippen LogP contribution in [0.3, 0.4) is 0 Å². The first-order chi connectivity index (χ1) is 10.1. The van der Waals surface area contributed by atoms with Gasteiger partial charge in [-0.2, -0.15) is 0 Å². The van der Waals surface area contributed by atoms with Crippen molar-refractivity contribution >= 4 is 23.6 Å². The number of rotatable bonds is 4. The topological polar surface area (TPSA) is 58.6 Å². The second-order valence-electron chi connectivity index (χ2n) is 4.87. The van der Waals surface area contributed by atoms with Gasteiger partial charge in [0.25, 0.3) is 0 Å². The summed E-state index contributed by atoms with van der Waals surface area (Å²) in [7, 11) is 0. The summed E-state index contributed by atoms with van der Waals surface area (Å²) in [5.74, 6) is -0.423. The number of nitrogens with zero attached hydrogens (tertiary/aromatic N) is 1. The Morgan fingerprint density at radius 2 is 2.10 bits per heavy atom. The molecule has 1 atom stereocenters. The van der Waals surface area contributed by atoms with Crippen LogP contribution in [0.5, 0.6) is 0 Å². The fourth-order valence-corrected chi connectivity index (χ4v) is 2.63. The maximum atomic E-state index is 12.2. The minimum Gasteiger partial charge on any atom is -0.465 e. The van der Waals surface area contributed by atoms with Gasteiger partial charge in [-0.3, -0.25) is 4.79 Å². The molecule has 6 heteroatoms. The molecule has 0 saturated carbocycles. The molecule has 0 radical (unpaired) electrons. The van der Waals surface area contributed by atoms with Crippen molar-refractivity contribution in [3.8, 4) is 0 Å². The number of benzene rings is 1. The third kappa shape index (κ3) is 4.11. The summed E-state index contributed by atoms with van der Waals surface area (Å²) < 4.78 is 4.79. The first kappa shape index (κ1) is 15.6. The Morgan fingerprint density at radius 3 is 2.76 bits per heavy atom. The van der Waals surface area contributed by atoms with E-state index in [9.17, 15) is 9.59 Å². The van der Waals surface area contributed by atoms with Gasteiger partial charge in [0.2, 0.25) is 0 Å². The van der Waals surface area contributed by atoms with E-state index >= 15 is 0 Å². The van der Waals surface area contributed by atoms with Crippen LogP contribution in [-0.4, -0.2) is 36.6 Å². The Bertz CT molecular complexity index is 504. The Balaban J connectivity index is 1.96. The lowest BCUT2D eigenvalue weighted by molar-refractivity contribution is -0.141. The number of halogens is 1. The first-order valence-corrected chi connectivity index (χ1v) is 7.45. The number of amides is 2. The molecule has 0 aromatic heterocycles. The number of nitrogens with one attached hydrogen (secondary N) is 1. The summed E-state index contributed by atoms with van der Waals surface area (Å²) in [5, 5.41) is 3.28. The largest absolute Gasteiger partial charge is 0.465 e. The number of esters is 1. The smallest absolute Gasteiger partial charge is 0.325 e. The van der Waals surface area contributed by atoms with Crippen LogP contribution in [0.2, 0.25) is 5.02 Å². The van der Waals surface area contributed by atoms with Gasteiger partial charge in [-0.05, 0) is 37.5 Å². The van der Waals surface area contributed by atoms with E-state index in [1.807, 2.05) is 24.3 Å². The van der Waals surface area contributed by atoms with Gasteiger partial charge in [0.05, 0.1) is 12.6 Å². The van der Waals surface area contributed by atoms with Crippen molar-refractivity contribution in [1.82, 2.24) is 10.2 Å². The summed E-state index contributed by atoms with van der Waals surface area (Å²) in [4.78, 5) is 25.2. The minimum atomic E-state index is -0.423. The van der Waals surface area contributed by atoms with Crippen LogP contribution in [0.15, 0.2) is 24.3 Å². The van der Waals surface area contributed by atoms with Gasteiger partial charge in [0.1, 0.15) is 6.54 Å². The Morgan fingerprint density at radius 1 is 1.38 bits per heavy atom. The fourth-order valence-electron chi connectivity index (χ4n) is 2.50. The molecule has 21 heavy (non-hydrogen) atoms. The molecule has 114 valence electrons. The van der Waals surface area contributed by atoms with Crippen molar-refractivity contribution in [1.29, 1.82) is 0 Å². The Labute approximate surface area is 129 Å². The van der Waals surface area contributed by atoms with Gasteiger partial charge in [0, 0.05) is 11.6 Å². The molecule has 1 saturated heterocycles. The molecule has 1 aliphatic rings. The molecule has 0 aliphatic carbocycles. The molecule has 1 fully saturated rings. The summed E-state index contributed by atoms with van der Waals surface area (Å²) in [6, 6.07) is 7.31. The third-order valence-electron chi connectivity index (χ3n) is 3.46. The second kappa shape index (κ2) is 7.31. The molecule has 5 nitrogen and oxygen atoms in total. The molecule has 1 aromatic rings. The lowest BCUT2D eigenvalue weighted by Crippen LogP contribution is -2.41. The molecule has 1 heterocycles. The predicted octanol–water partition coefficient (Wildman–Crippen LogP) is 2.75. The van der Waals surface area contributed by atoms with Crippen LogP contribution in [0.4, 0.5) is 4.79 Å². The molecular weight excluding hydrogens is 292 g/mol. The molecule has 0 bridgehead atoms. The zero-order valence-electron chi connectivity index (χ0n) is 12.0. The van der Waals surface area contributed by atoms with Gasteiger partial charge in [-0.15, -0.1) is 0 Å². The van der Waals surface area contributed by atoms with Crippen molar-refractivity contribution < 1.29 is 14.3 Å². The highest BCUT2D eigenvalue weighted by atomic mass is 35.5. The van der Waals surface area contributed by atoms with Gasteiger partial charge in [-0.1, -0.05) is 23.7 Å². The molecule has 1 aromatic carbocycles. The van der Waals surface area contributed by atoms with Crippen molar-refractivity contribution in [3.63, 3.8) is 0 Å². The highest BCUT2D eigenvalue weighted by Gasteiger charge is 2.30. The van der Waals surface area contributed by atoms with E-state index in [1.165, 1.54) is 0 Å². The number of urea groups is 1. The van der Waals surface area contributed by atoms with E-state index in [1.54, 1.807) is 11.8 Å². The second-order valence-corrected chi connectivity index (χ2v) is 5.30. The average Bonchev–Trinajstić information content (AvgIpc) is 2.95. The van der Waals surface area contributed by atoms with Gasteiger partial charge in [0.15, 0.2) is 0 Å². The quantitative estimate of drug-likeness (QED) is 0.870. The standard InChI is InChI=1S/C15H19ClN2O3/c1-2-21-14(19)10-17-15(20)18-9-3-4-13(18)11-5-7-12(16)8-6-11/h5-8,13H,2-4,9-10H2,1H3,(H,17,20). The Hall–Kier alpha value is -1.75. The molecular formula is C15H19ClN2O3. The van der Waals surface area contributed by atoms with Crippen molar-refractivity contribution in [2.24, 2.45) is 0 Å². The lowest BCUT2D eigenvalue weighted by atomic mass is 10.1. The van der Waals surface area contributed by atoms with Crippen LogP contribution in [-0.2, 0) is 9.53 Å². The number of ether oxygens (including phenoxy) is 1. The number of carbonyl (C=O) groups is 2. The average molecular weight is 311 g/mol. The van der Waals surface area contributed by atoms with Crippen LogP contribution < -0.4 is 5.32 Å². The normalized spacial score (nSPS) is 17.6. The van der Waals surface area contributed by atoms with E-state index in [4.69, 9.17) is 16.3 Å². The number of likely N-dealkylation sites (tertiary alicyclic amines) is 1. The number of hydrogen-bond acceptors (Lipinski definition) is 3. The number of hydrogen-bond donors (Lipinski definition) is 1. The zero-order valence-corrected chi connectivity index (χ0v) is 12.7. The minimum absolute atomic E-state index is 0.0319. The highest BCUT2D eigenvalue weighted by Crippen LogP contribution is 2.32. The molecule has 1 N–H and O–H groups in total. The number of carbonyl (C=O) groups excluding carboxylic acids is 2. The van der Waals surface area contributed by atoms with Gasteiger partial charge < -0.3 is 15.0 Å². The monoisotopic (exact) mass is 310 g/mol. The maximum absolute atomic E-state index is 12.2. The van der Waals surface area contributed by atoms with Crippen LogP contribution in [0, 0.1) is 0 Å². The highest BCUT2D eigenvalue weighted by molar-refractivity contribution is 6.30. The zero-order chi connectivity index (χ0) is 15.2. The van der Waals surface area contributed by atoms with Crippen molar-refractivity contribution in [3.05, 3.63) is 34.9 Å². The van der Waals surface area contributed by atoms with E-state index in [-0.39, 0.29) is 18.6 Å². The molecule has 2 amide bonds. The first-order valence-electron chi connectivity index (χ1n) is 7.07. The van der Waals surface area contributed by atoms with Gasteiger partial charge >= 0.3 is 12.0 Å². The van der Waals surface area contributed by atoms with E-state index in [0.29, 0.717) is 18.2 Å². The van der Waals surface area contributed by atoms with E-state index < -0.39 is 5.97 Å². The molecule has 1 aliphatic heterocycles. The fraction of sp³-hybridized carbons (Fsp3) is 0.467. The molecule has 0 spiro atoms. The van der Waals surface area contributed by atoms with Crippen LogP contribution in [0.25, 0.3) is 0 Å². The van der Waals surface area contributed by atoms with Gasteiger partial charge in [-0.25, -0.2) is 4.79 Å². The van der Waals surface area contributed by atoms with E-state index in [0.717, 1.165) is 18.4 Å².